The van der Waals surface area contributed by atoms with Gasteiger partial charge < -0.3 is 5.32 Å². The van der Waals surface area contributed by atoms with E-state index < -0.39 is 0 Å². The number of allylic oxidation sites excluding steroid dienone is 1. The van der Waals surface area contributed by atoms with Gasteiger partial charge >= 0.3 is 0 Å². The van der Waals surface area contributed by atoms with Crippen LogP contribution in [0.15, 0.2) is 10.5 Å². The van der Waals surface area contributed by atoms with Gasteiger partial charge in [0.05, 0.1) is 0 Å². The van der Waals surface area contributed by atoms with E-state index in [0.29, 0.717) is 0 Å². The van der Waals surface area contributed by atoms with Gasteiger partial charge in [0.25, 0.3) is 0 Å². The summed E-state index contributed by atoms with van der Waals surface area (Å²) >= 11 is 4.27. The normalized spacial score (nSPS) is 18.4. The van der Waals surface area contributed by atoms with E-state index in [9.17, 15) is 4.79 Å². The lowest BCUT2D eigenvalue weighted by atomic mass is 9.99. The van der Waals surface area contributed by atoms with Gasteiger partial charge in [0, 0.05) is 12.6 Å². The number of hydrogen-bond donors (Lipinski definition) is 2. The molecule has 1 amide bonds. The molecule has 0 unspecified atom stereocenters. The molecule has 1 aliphatic rings. The molecule has 0 atom stereocenters. The SMILES string of the molecule is CNC(=O)C1=C(S)CCCC1. The molecule has 1 N–H and O–H groups in total. The van der Waals surface area contributed by atoms with Gasteiger partial charge in [-0.3, -0.25) is 4.79 Å². The Morgan fingerprint density at radius 3 is 2.64 bits per heavy atom. The van der Waals surface area contributed by atoms with Crippen LogP contribution in [0.25, 0.3) is 0 Å². The minimum atomic E-state index is 0.0368. The fourth-order valence-electron chi connectivity index (χ4n) is 1.28. The average molecular weight is 171 g/mol. The van der Waals surface area contributed by atoms with Gasteiger partial charge in [-0.1, -0.05) is 0 Å². The molecule has 1 rings (SSSR count). The summed E-state index contributed by atoms with van der Waals surface area (Å²) in [6.07, 6.45) is 4.14. The smallest absolute Gasteiger partial charge is 0.247 e. The Labute approximate surface area is 72.5 Å². The van der Waals surface area contributed by atoms with E-state index in [1.165, 1.54) is 6.42 Å². The van der Waals surface area contributed by atoms with Crippen molar-refractivity contribution in [3.8, 4) is 0 Å². The molecule has 0 aromatic heterocycles. The molecule has 3 heteroatoms. The quantitative estimate of drug-likeness (QED) is 0.575. The minimum absolute atomic E-state index is 0.0368. The van der Waals surface area contributed by atoms with Crippen molar-refractivity contribution in [3.63, 3.8) is 0 Å². The second-order valence-corrected chi connectivity index (χ2v) is 3.25. The highest BCUT2D eigenvalue weighted by molar-refractivity contribution is 7.84. The van der Waals surface area contributed by atoms with E-state index in [4.69, 9.17) is 0 Å². The zero-order valence-corrected chi connectivity index (χ0v) is 7.58. The highest BCUT2D eigenvalue weighted by atomic mass is 32.1. The van der Waals surface area contributed by atoms with Crippen molar-refractivity contribution in [3.05, 3.63) is 10.5 Å². The standard InChI is InChI=1S/C8H13NOS/c1-9-8(10)6-4-2-3-5-7(6)11/h11H,2-5H2,1H3,(H,9,10). The van der Waals surface area contributed by atoms with Crippen molar-refractivity contribution < 1.29 is 4.79 Å². The molecule has 0 aliphatic heterocycles. The Morgan fingerprint density at radius 1 is 1.45 bits per heavy atom. The van der Waals surface area contributed by atoms with Gasteiger partial charge in [0.1, 0.15) is 0 Å². The largest absolute Gasteiger partial charge is 0.355 e. The third-order valence-corrected chi connectivity index (χ3v) is 2.43. The number of thiol groups is 1. The summed E-state index contributed by atoms with van der Waals surface area (Å²) in [5.41, 5.74) is 0.877. The zero-order chi connectivity index (χ0) is 8.27. The monoisotopic (exact) mass is 171 g/mol. The summed E-state index contributed by atoms with van der Waals surface area (Å²) in [6, 6.07) is 0. The first-order valence-corrected chi connectivity index (χ1v) is 4.33. The lowest BCUT2D eigenvalue weighted by Gasteiger charge is -2.14. The number of amides is 1. The van der Waals surface area contributed by atoms with E-state index in [1.807, 2.05) is 0 Å². The van der Waals surface area contributed by atoms with Gasteiger partial charge in [-0.05, 0) is 30.6 Å². The van der Waals surface area contributed by atoms with Crippen molar-refractivity contribution >= 4 is 18.5 Å². The van der Waals surface area contributed by atoms with Crippen LogP contribution in [0.5, 0.6) is 0 Å². The second kappa shape index (κ2) is 3.81. The maximum atomic E-state index is 11.2. The van der Waals surface area contributed by atoms with Crippen LogP contribution in [0.4, 0.5) is 0 Å². The fourth-order valence-corrected chi connectivity index (χ4v) is 1.66. The molecule has 0 saturated carbocycles. The predicted octanol–water partition coefficient (Wildman–Crippen LogP) is 1.49. The maximum absolute atomic E-state index is 11.2. The highest BCUT2D eigenvalue weighted by Gasteiger charge is 2.15. The van der Waals surface area contributed by atoms with Gasteiger partial charge in [0.15, 0.2) is 0 Å². The number of nitrogens with one attached hydrogen (secondary N) is 1. The first kappa shape index (κ1) is 8.65. The topological polar surface area (TPSA) is 29.1 Å². The Bertz CT molecular complexity index is 198. The lowest BCUT2D eigenvalue weighted by molar-refractivity contribution is -0.117. The van der Waals surface area contributed by atoms with Crippen LogP contribution in [0.1, 0.15) is 25.7 Å². The molecule has 0 aromatic carbocycles. The van der Waals surface area contributed by atoms with Gasteiger partial charge in [-0.2, -0.15) is 0 Å². The molecule has 2 nitrogen and oxygen atoms in total. The van der Waals surface area contributed by atoms with Crippen molar-refractivity contribution in [2.75, 3.05) is 7.05 Å². The van der Waals surface area contributed by atoms with Crippen LogP contribution in [0.2, 0.25) is 0 Å². The molecule has 0 saturated heterocycles. The fraction of sp³-hybridized carbons (Fsp3) is 0.625. The summed E-state index contributed by atoms with van der Waals surface area (Å²) < 4.78 is 0. The third kappa shape index (κ3) is 1.99. The number of carbonyl (C=O) groups excluding carboxylic acids is 1. The summed E-state index contributed by atoms with van der Waals surface area (Å²) in [7, 11) is 1.66. The van der Waals surface area contributed by atoms with Crippen molar-refractivity contribution in [1.29, 1.82) is 0 Å². The van der Waals surface area contributed by atoms with E-state index in [2.05, 4.69) is 17.9 Å². The van der Waals surface area contributed by atoms with E-state index in [-0.39, 0.29) is 5.91 Å². The van der Waals surface area contributed by atoms with Gasteiger partial charge in [-0.15, -0.1) is 12.6 Å². The number of carbonyl (C=O) groups is 1. The van der Waals surface area contributed by atoms with E-state index in [0.717, 1.165) is 29.7 Å². The lowest BCUT2D eigenvalue weighted by Crippen LogP contribution is -2.22. The van der Waals surface area contributed by atoms with Crippen LogP contribution < -0.4 is 5.32 Å². The maximum Gasteiger partial charge on any atom is 0.247 e. The van der Waals surface area contributed by atoms with Gasteiger partial charge in [-0.25, -0.2) is 0 Å². The summed E-state index contributed by atoms with van der Waals surface area (Å²) in [5.74, 6) is 0.0368. The molecule has 62 valence electrons. The summed E-state index contributed by atoms with van der Waals surface area (Å²) in [6.45, 7) is 0. The molecule has 11 heavy (non-hydrogen) atoms. The van der Waals surface area contributed by atoms with Crippen LogP contribution in [-0.4, -0.2) is 13.0 Å². The molecule has 0 fully saturated rings. The second-order valence-electron chi connectivity index (χ2n) is 2.71. The highest BCUT2D eigenvalue weighted by Crippen LogP contribution is 2.26. The first-order valence-electron chi connectivity index (χ1n) is 3.88. The number of hydrogen-bond acceptors (Lipinski definition) is 2. The molecule has 0 radical (unpaired) electrons. The van der Waals surface area contributed by atoms with Gasteiger partial charge in [0.2, 0.25) is 5.91 Å². The van der Waals surface area contributed by atoms with Crippen molar-refractivity contribution in [1.82, 2.24) is 5.32 Å². The van der Waals surface area contributed by atoms with Crippen LogP contribution in [-0.2, 0) is 4.79 Å². The molecule has 0 heterocycles. The molecular formula is C8H13NOS. The molecular weight excluding hydrogens is 158 g/mol. The number of rotatable bonds is 1. The van der Waals surface area contributed by atoms with E-state index >= 15 is 0 Å². The molecule has 0 bridgehead atoms. The Kier molecular flexibility index (Phi) is 3.00. The van der Waals surface area contributed by atoms with Crippen LogP contribution >= 0.6 is 12.6 Å². The van der Waals surface area contributed by atoms with Crippen molar-refractivity contribution in [2.24, 2.45) is 0 Å². The Morgan fingerprint density at radius 2 is 2.09 bits per heavy atom. The van der Waals surface area contributed by atoms with Crippen LogP contribution in [0, 0.1) is 0 Å². The Balaban J connectivity index is 2.74. The molecule has 0 spiro atoms. The predicted molar refractivity (Wildman–Crippen MR) is 48.5 cm³/mol. The van der Waals surface area contributed by atoms with E-state index in [1.54, 1.807) is 7.05 Å². The third-order valence-electron chi connectivity index (χ3n) is 1.94. The zero-order valence-electron chi connectivity index (χ0n) is 6.68. The minimum Gasteiger partial charge on any atom is -0.355 e. The van der Waals surface area contributed by atoms with Crippen molar-refractivity contribution in [2.45, 2.75) is 25.7 Å². The summed E-state index contributed by atoms with van der Waals surface area (Å²) in [4.78, 5) is 12.1. The first-order chi connectivity index (χ1) is 5.25. The van der Waals surface area contributed by atoms with Crippen LogP contribution in [0.3, 0.4) is 0 Å². The average Bonchev–Trinajstić information content (AvgIpc) is 2.04. The number of likely N-dealkylation sites (N-methyl/N-ethyl adjacent to an activating group) is 1. The Hall–Kier alpha value is -0.440. The molecule has 0 aromatic rings. The summed E-state index contributed by atoms with van der Waals surface area (Å²) in [5, 5.41) is 2.62. The molecule has 1 aliphatic carbocycles.